The second-order valence-corrected chi connectivity index (χ2v) is 4.07. The first-order chi connectivity index (χ1) is 8.70. The van der Waals surface area contributed by atoms with Gasteiger partial charge >= 0.3 is 0 Å². The van der Waals surface area contributed by atoms with E-state index in [4.69, 9.17) is 5.11 Å². The standard InChI is InChI=1S/C13H15N3O2/c1-9-12(7-15-16-9)13(18)14-6-10-2-4-11(8-17)5-3-10/h2-5,7,17H,6,8H2,1H3,(H,14,18)(H,15,16). The van der Waals surface area contributed by atoms with Gasteiger partial charge in [-0.15, -0.1) is 0 Å². The van der Waals surface area contributed by atoms with Crippen LogP contribution < -0.4 is 5.32 Å². The Kier molecular flexibility index (Phi) is 3.74. The van der Waals surface area contributed by atoms with E-state index >= 15 is 0 Å². The van der Waals surface area contributed by atoms with Gasteiger partial charge in [0, 0.05) is 12.2 Å². The van der Waals surface area contributed by atoms with Gasteiger partial charge in [0.25, 0.3) is 5.91 Å². The van der Waals surface area contributed by atoms with Crippen LogP contribution in [-0.4, -0.2) is 21.2 Å². The molecule has 0 saturated heterocycles. The molecule has 1 aromatic carbocycles. The number of H-pyrrole nitrogens is 1. The molecule has 1 amide bonds. The zero-order valence-corrected chi connectivity index (χ0v) is 10.1. The summed E-state index contributed by atoms with van der Waals surface area (Å²) in [6.45, 7) is 2.29. The number of carbonyl (C=O) groups excluding carboxylic acids is 1. The third kappa shape index (κ3) is 2.75. The number of carbonyl (C=O) groups is 1. The quantitative estimate of drug-likeness (QED) is 0.756. The Morgan fingerprint density at radius 1 is 1.33 bits per heavy atom. The van der Waals surface area contributed by atoms with Crippen molar-refractivity contribution in [3.05, 3.63) is 52.8 Å². The SMILES string of the molecule is Cc1[nH]ncc1C(=O)NCc1ccc(CO)cc1. The summed E-state index contributed by atoms with van der Waals surface area (Å²) in [5.41, 5.74) is 3.16. The van der Waals surface area contributed by atoms with Gasteiger partial charge in [0.15, 0.2) is 0 Å². The molecule has 0 bridgehead atoms. The van der Waals surface area contributed by atoms with E-state index in [0.717, 1.165) is 16.8 Å². The number of benzene rings is 1. The lowest BCUT2D eigenvalue weighted by atomic mass is 10.1. The number of nitrogens with one attached hydrogen (secondary N) is 2. The Balaban J connectivity index is 1.95. The topological polar surface area (TPSA) is 78.0 Å². The van der Waals surface area contributed by atoms with Gasteiger partial charge in [-0.3, -0.25) is 9.89 Å². The number of aliphatic hydroxyl groups is 1. The number of hydrogen-bond acceptors (Lipinski definition) is 3. The minimum Gasteiger partial charge on any atom is -0.392 e. The second kappa shape index (κ2) is 5.46. The maximum atomic E-state index is 11.8. The Bertz CT molecular complexity index is 531. The highest BCUT2D eigenvalue weighted by atomic mass is 16.3. The van der Waals surface area contributed by atoms with Crippen LogP contribution in [0.5, 0.6) is 0 Å². The smallest absolute Gasteiger partial charge is 0.255 e. The first-order valence-electron chi connectivity index (χ1n) is 5.67. The molecule has 2 aromatic rings. The molecular formula is C13H15N3O2. The summed E-state index contributed by atoms with van der Waals surface area (Å²) in [5, 5.41) is 18.3. The largest absolute Gasteiger partial charge is 0.392 e. The summed E-state index contributed by atoms with van der Waals surface area (Å²) in [4.78, 5) is 11.8. The van der Waals surface area contributed by atoms with Crippen molar-refractivity contribution in [1.29, 1.82) is 0 Å². The number of rotatable bonds is 4. The fourth-order valence-corrected chi connectivity index (χ4v) is 1.62. The van der Waals surface area contributed by atoms with Gasteiger partial charge in [-0.2, -0.15) is 5.10 Å². The van der Waals surface area contributed by atoms with Crippen molar-refractivity contribution in [2.24, 2.45) is 0 Å². The summed E-state index contributed by atoms with van der Waals surface area (Å²) in [6.07, 6.45) is 1.51. The Morgan fingerprint density at radius 2 is 2.00 bits per heavy atom. The average Bonchev–Trinajstić information content (AvgIpc) is 2.83. The molecule has 18 heavy (non-hydrogen) atoms. The molecule has 0 unspecified atom stereocenters. The van der Waals surface area contributed by atoms with Crippen molar-refractivity contribution < 1.29 is 9.90 Å². The van der Waals surface area contributed by atoms with Crippen molar-refractivity contribution in [2.75, 3.05) is 0 Å². The van der Waals surface area contributed by atoms with Gasteiger partial charge in [-0.05, 0) is 18.1 Å². The number of aromatic nitrogens is 2. The maximum absolute atomic E-state index is 11.8. The van der Waals surface area contributed by atoms with Crippen molar-refractivity contribution in [3.63, 3.8) is 0 Å². The van der Waals surface area contributed by atoms with Crippen molar-refractivity contribution >= 4 is 5.91 Å². The van der Waals surface area contributed by atoms with Crippen molar-refractivity contribution in [3.8, 4) is 0 Å². The Morgan fingerprint density at radius 3 is 2.56 bits per heavy atom. The van der Waals surface area contributed by atoms with Crippen LogP contribution in [-0.2, 0) is 13.2 Å². The lowest BCUT2D eigenvalue weighted by Crippen LogP contribution is -2.23. The molecule has 0 spiro atoms. The summed E-state index contributed by atoms with van der Waals surface area (Å²) in [6, 6.07) is 7.44. The van der Waals surface area contributed by atoms with Crippen LogP contribution in [0.25, 0.3) is 0 Å². The molecule has 5 nitrogen and oxygen atoms in total. The highest BCUT2D eigenvalue weighted by Crippen LogP contribution is 2.06. The van der Waals surface area contributed by atoms with Gasteiger partial charge in [0.2, 0.25) is 0 Å². The number of hydrogen-bond donors (Lipinski definition) is 3. The summed E-state index contributed by atoms with van der Waals surface area (Å²) >= 11 is 0. The number of amides is 1. The monoisotopic (exact) mass is 245 g/mol. The average molecular weight is 245 g/mol. The Labute approximate surface area is 105 Å². The maximum Gasteiger partial charge on any atom is 0.255 e. The van der Waals surface area contributed by atoms with Crippen LogP contribution in [0.1, 0.15) is 27.2 Å². The van der Waals surface area contributed by atoms with E-state index < -0.39 is 0 Å². The molecule has 0 aliphatic heterocycles. The molecule has 5 heteroatoms. The van der Waals surface area contributed by atoms with E-state index in [1.54, 1.807) is 6.92 Å². The zero-order chi connectivity index (χ0) is 13.0. The van der Waals surface area contributed by atoms with Gasteiger partial charge in [-0.1, -0.05) is 24.3 Å². The predicted octanol–water partition coefficient (Wildman–Crippen LogP) is 1.14. The third-order valence-electron chi connectivity index (χ3n) is 2.73. The van der Waals surface area contributed by atoms with Crippen LogP contribution in [0.4, 0.5) is 0 Å². The first-order valence-corrected chi connectivity index (χ1v) is 5.67. The van der Waals surface area contributed by atoms with E-state index in [-0.39, 0.29) is 12.5 Å². The molecule has 2 rings (SSSR count). The molecule has 0 saturated carbocycles. The van der Waals surface area contributed by atoms with Crippen LogP contribution in [0.3, 0.4) is 0 Å². The van der Waals surface area contributed by atoms with E-state index in [9.17, 15) is 4.79 Å². The number of nitrogens with zero attached hydrogens (tertiary/aromatic N) is 1. The van der Waals surface area contributed by atoms with E-state index in [2.05, 4.69) is 15.5 Å². The van der Waals surface area contributed by atoms with Crippen molar-refractivity contribution in [2.45, 2.75) is 20.1 Å². The van der Waals surface area contributed by atoms with Gasteiger partial charge in [0.1, 0.15) is 0 Å². The lowest BCUT2D eigenvalue weighted by Gasteiger charge is -2.05. The molecule has 1 heterocycles. The zero-order valence-electron chi connectivity index (χ0n) is 10.1. The normalized spacial score (nSPS) is 10.3. The first kappa shape index (κ1) is 12.3. The summed E-state index contributed by atoms with van der Waals surface area (Å²) in [7, 11) is 0. The van der Waals surface area contributed by atoms with E-state index in [1.165, 1.54) is 6.20 Å². The molecule has 0 radical (unpaired) electrons. The molecule has 94 valence electrons. The second-order valence-electron chi connectivity index (χ2n) is 4.07. The minimum atomic E-state index is -0.146. The fourth-order valence-electron chi connectivity index (χ4n) is 1.62. The summed E-state index contributed by atoms with van der Waals surface area (Å²) < 4.78 is 0. The molecule has 0 aliphatic carbocycles. The molecule has 3 N–H and O–H groups in total. The summed E-state index contributed by atoms with van der Waals surface area (Å²) in [5.74, 6) is -0.146. The molecular weight excluding hydrogens is 230 g/mol. The van der Waals surface area contributed by atoms with Crippen LogP contribution in [0, 0.1) is 6.92 Å². The van der Waals surface area contributed by atoms with Crippen LogP contribution in [0.15, 0.2) is 30.5 Å². The molecule has 0 aliphatic rings. The third-order valence-corrected chi connectivity index (χ3v) is 2.73. The van der Waals surface area contributed by atoms with Gasteiger partial charge < -0.3 is 10.4 Å². The van der Waals surface area contributed by atoms with E-state index in [0.29, 0.717) is 12.1 Å². The fraction of sp³-hybridized carbons (Fsp3) is 0.231. The molecule has 0 fully saturated rings. The lowest BCUT2D eigenvalue weighted by molar-refractivity contribution is 0.0950. The van der Waals surface area contributed by atoms with Gasteiger partial charge in [-0.25, -0.2) is 0 Å². The minimum absolute atomic E-state index is 0.0286. The molecule has 1 aromatic heterocycles. The number of aryl methyl sites for hydroxylation is 1. The van der Waals surface area contributed by atoms with Gasteiger partial charge in [0.05, 0.1) is 18.4 Å². The van der Waals surface area contributed by atoms with Crippen molar-refractivity contribution in [1.82, 2.24) is 15.5 Å². The number of aromatic amines is 1. The van der Waals surface area contributed by atoms with E-state index in [1.807, 2.05) is 24.3 Å². The number of aliphatic hydroxyl groups excluding tert-OH is 1. The van der Waals surface area contributed by atoms with Crippen LogP contribution >= 0.6 is 0 Å². The molecule has 0 atom stereocenters. The predicted molar refractivity (Wildman–Crippen MR) is 66.9 cm³/mol. The Hall–Kier alpha value is -2.14. The van der Waals surface area contributed by atoms with Crippen LogP contribution in [0.2, 0.25) is 0 Å². The highest BCUT2D eigenvalue weighted by molar-refractivity contribution is 5.94. The highest BCUT2D eigenvalue weighted by Gasteiger charge is 2.09.